The van der Waals surface area contributed by atoms with Gasteiger partial charge in [-0.2, -0.15) is 0 Å². The number of pyridine rings is 1. The van der Waals surface area contributed by atoms with E-state index in [1.807, 2.05) is 12.1 Å². The fourth-order valence-corrected chi connectivity index (χ4v) is 5.20. The van der Waals surface area contributed by atoms with Crippen LogP contribution < -0.4 is 10.1 Å². The number of ether oxygens (including phenoxy) is 1. The normalized spacial score (nSPS) is 36.5. The number of aromatic nitrogens is 1. The van der Waals surface area contributed by atoms with E-state index in [9.17, 15) is 4.79 Å². The zero-order valence-corrected chi connectivity index (χ0v) is 12.4. The molecule has 1 N–H and O–H groups in total. The molecule has 4 saturated carbocycles. The number of rotatable bonds is 3. The first-order valence-electron chi connectivity index (χ1n) is 8.04. The van der Waals surface area contributed by atoms with Crippen LogP contribution in [0.1, 0.15) is 32.1 Å². The second-order valence-electron chi connectivity index (χ2n) is 7.00. The lowest BCUT2D eigenvalue weighted by Gasteiger charge is -2.53. The molecule has 0 atom stereocenters. The van der Waals surface area contributed by atoms with E-state index in [-0.39, 0.29) is 11.8 Å². The molecular weight excluding hydrogens is 264 g/mol. The van der Waals surface area contributed by atoms with Crippen LogP contribution in [0.5, 0.6) is 5.75 Å². The molecule has 4 heteroatoms. The van der Waals surface area contributed by atoms with Gasteiger partial charge >= 0.3 is 0 Å². The van der Waals surface area contributed by atoms with Crippen LogP contribution in [-0.2, 0) is 4.79 Å². The average Bonchev–Trinajstić information content (AvgIpc) is 2.46. The molecule has 4 bridgehead atoms. The van der Waals surface area contributed by atoms with Crippen LogP contribution in [0.25, 0.3) is 0 Å². The highest BCUT2D eigenvalue weighted by Crippen LogP contribution is 2.56. The molecule has 1 heterocycles. The zero-order valence-electron chi connectivity index (χ0n) is 12.4. The summed E-state index contributed by atoms with van der Waals surface area (Å²) in [7, 11) is 1.61. The van der Waals surface area contributed by atoms with Crippen molar-refractivity contribution in [1.29, 1.82) is 0 Å². The number of hydrogen-bond donors (Lipinski definition) is 1. The lowest BCUT2D eigenvalue weighted by molar-refractivity contribution is -0.132. The maximum atomic E-state index is 12.8. The number of anilines is 1. The standard InChI is InChI=1S/C17H22N2O2/c1-21-14-3-2-4-18-16(14)19-17(20)15-12-6-10-5-11(8-12)9-13(15)7-10/h2-4,10-13,15H,5-9H2,1H3,(H,18,19,20). The fourth-order valence-electron chi connectivity index (χ4n) is 5.20. The smallest absolute Gasteiger partial charge is 0.229 e. The Kier molecular flexibility index (Phi) is 3.12. The molecule has 21 heavy (non-hydrogen) atoms. The number of carbonyl (C=O) groups excluding carboxylic acids is 1. The minimum atomic E-state index is 0.154. The SMILES string of the molecule is COc1cccnc1NC(=O)C1C2CC3CC(C2)CC1C3. The topological polar surface area (TPSA) is 51.2 Å². The number of amides is 1. The summed E-state index contributed by atoms with van der Waals surface area (Å²) in [6.07, 6.45) is 8.12. The molecule has 0 unspecified atom stereocenters. The number of nitrogens with zero attached hydrogens (tertiary/aromatic N) is 1. The molecule has 4 fully saturated rings. The second kappa shape index (κ2) is 5.00. The van der Waals surface area contributed by atoms with E-state index in [1.54, 1.807) is 13.3 Å². The van der Waals surface area contributed by atoms with Crippen molar-refractivity contribution in [3.8, 4) is 5.75 Å². The molecule has 1 amide bonds. The molecule has 0 radical (unpaired) electrons. The van der Waals surface area contributed by atoms with Crippen molar-refractivity contribution in [1.82, 2.24) is 4.98 Å². The van der Waals surface area contributed by atoms with Crippen LogP contribution in [0.15, 0.2) is 18.3 Å². The minimum Gasteiger partial charge on any atom is -0.493 e. The Morgan fingerprint density at radius 2 is 1.86 bits per heavy atom. The fraction of sp³-hybridized carbons (Fsp3) is 0.647. The van der Waals surface area contributed by atoms with E-state index in [0.717, 1.165) is 11.8 Å². The highest BCUT2D eigenvalue weighted by atomic mass is 16.5. The minimum absolute atomic E-state index is 0.154. The van der Waals surface area contributed by atoms with Gasteiger partial charge in [-0.1, -0.05) is 0 Å². The van der Waals surface area contributed by atoms with Crippen molar-refractivity contribution in [2.75, 3.05) is 12.4 Å². The van der Waals surface area contributed by atoms with Crippen molar-refractivity contribution in [2.45, 2.75) is 32.1 Å². The average molecular weight is 286 g/mol. The molecule has 1 aromatic rings. The number of nitrogens with one attached hydrogen (secondary N) is 1. The zero-order chi connectivity index (χ0) is 14.4. The third kappa shape index (κ3) is 2.21. The summed E-state index contributed by atoms with van der Waals surface area (Å²) < 4.78 is 5.27. The third-order valence-corrected chi connectivity index (χ3v) is 5.76. The maximum Gasteiger partial charge on any atom is 0.229 e. The summed E-state index contributed by atoms with van der Waals surface area (Å²) in [5, 5.41) is 3.01. The molecule has 0 spiro atoms. The maximum absolute atomic E-state index is 12.8. The molecule has 1 aromatic heterocycles. The molecule has 5 rings (SSSR count). The highest BCUT2D eigenvalue weighted by molar-refractivity contribution is 5.93. The summed E-state index contributed by atoms with van der Waals surface area (Å²) in [5.74, 6) is 4.49. The summed E-state index contributed by atoms with van der Waals surface area (Å²) in [4.78, 5) is 17.0. The lowest BCUT2D eigenvalue weighted by atomic mass is 9.51. The predicted octanol–water partition coefficient (Wildman–Crippen LogP) is 3.10. The molecule has 0 aliphatic heterocycles. The van der Waals surface area contributed by atoms with Gasteiger partial charge in [-0.25, -0.2) is 4.98 Å². The van der Waals surface area contributed by atoms with Gasteiger partial charge < -0.3 is 10.1 Å². The van der Waals surface area contributed by atoms with Crippen molar-refractivity contribution in [2.24, 2.45) is 29.6 Å². The monoisotopic (exact) mass is 286 g/mol. The van der Waals surface area contributed by atoms with Gasteiger partial charge in [-0.05, 0) is 67.9 Å². The summed E-state index contributed by atoms with van der Waals surface area (Å²) in [6, 6.07) is 3.65. The molecule has 4 aliphatic carbocycles. The van der Waals surface area contributed by atoms with E-state index in [1.165, 1.54) is 32.1 Å². The summed E-state index contributed by atoms with van der Waals surface area (Å²) in [5.41, 5.74) is 0. The first-order valence-corrected chi connectivity index (χ1v) is 8.04. The van der Waals surface area contributed by atoms with Crippen LogP contribution in [0.4, 0.5) is 5.82 Å². The van der Waals surface area contributed by atoms with Gasteiger partial charge in [0.05, 0.1) is 7.11 Å². The first-order chi connectivity index (χ1) is 10.2. The van der Waals surface area contributed by atoms with Crippen LogP contribution in [0.3, 0.4) is 0 Å². The lowest BCUT2D eigenvalue weighted by Crippen LogP contribution is -2.49. The van der Waals surface area contributed by atoms with E-state index in [0.29, 0.717) is 23.4 Å². The molecule has 0 saturated heterocycles. The van der Waals surface area contributed by atoms with Crippen LogP contribution in [-0.4, -0.2) is 18.0 Å². The van der Waals surface area contributed by atoms with E-state index >= 15 is 0 Å². The Hall–Kier alpha value is -1.58. The Morgan fingerprint density at radius 1 is 1.19 bits per heavy atom. The van der Waals surface area contributed by atoms with E-state index in [4.69, 9.17) is 4.74 Å². The van der Waals surface area contributed by atoms with E-state index in [2.05, 4.69) is 10.3 Å². The van der Waals surface area contributed by atoms with E-state index < -0.39 is 0 Å². The predicted molar refractivity (Wildman–Crippen MR) is 80.0 cm³/mol. The van der Waals surface area contributed by atoms with Crippen molar-refractivity contribution in [3.63, 3.8) is 0 Å². The third-order valence-electron chi connectivity index (χ3n) is 5.76. The Balaban J connectivity index is 1.53. The van der Waals surface area contributed by atoms with Gasteiger partial charge in [0.1, 0.15) is 0 Å². The number of carbonyl (C=O) groups is 1. The van der Waals surface area contributed by atoms with Gasteiger partial charge in [0, 0.05) is 12.1 Å². The summed E-state index contributed by atoms with van der Waals surface area (Å²) in [6.45, 7) is 0. The van der Waals surface area contributed by atoms with Crippen molar-refractivity contribution < 1.29 is 9.53 Å². The number of hydrogen-bond acceptors (Lipinski definition) is 3. The van der Waals surface area contributed by atoms with Gasteiger partial charge in [-0.15, -0.1) is 0 Å². The van der Waals surface area contributed by atoms with Gasteiger partial charge in [0.2, 0.25) is 5.91 Å². The Bertz CT molecular complexity index is 529. The Labute approximate surface area is 125 Å². The van der Waals surface area contributed by atoms with Crippen molar-refractivity contribution >= 4 is 11.7 Å². The largest absolute Gasteiger partial charge is 0.493 e. The highest BCUT2D eigenvalue weighted by Gasteiger charge is 2.50. The summed E-state index contributed by atoms with van der Waals surface area (Å²) >= 11 is 0. The second-order valence-corrected chi connectivity index (χ2v) is 7.00. The van der Waals surface area contributed by atoms with Gasteiger partial charge in [-0.3, -0.25) is 4.79 Å². The number of methoxy groups -OCH3 is 1. The first kappa shape index (κ1) is 13.1. The van der Waals surface area contributed by atoms with Crippen LogP contribution in [0, 0.1) is 29.6 Å². The van der Waals surface area contributed by atoms with Gasteiger partial charge in [0.25, 0.3) is 0 Å². The molecule has 0 aromatic carbocycles. The van der Waals surface area contributed by atoms with Gasteiger partial charge in [0.15, 0.2) is 11.6 Å². The van der Waals surface area contributed by atoms with Crippen LogP contribution >= 0.6 is 0 Å². The molecular formula is C17H22N2O2. The molecule has 112 valence electrons. The quantitative estimate of drug-likeness (QED) is 0.929. The molecule has 4 aliphatic rings. The Morgan fingerprint density at radius 3 is 2.48 bits per heavy atom. The molecule has 4 nitrogen and oxygen atoms in total. The van der Waals surface area contributed by atoms with Crippen LogP contribution in [0.2, 0.25) is 0 Å². The van der Waals surface area contributed by atoms with Crippen molar-refractivity contribution in [3.05, 3.63) is 18.3 Å².